The Balaban J connectivity index is 1.92. The van der Waals surface area contributed by atoms with Gasteiger partial charge in [-0.25, -0.2) is 0 Å². The summed E-state index contributed by atoms with van der Waals surface area (Å²) in [5.41, 5.74) is 0.955. The van der Waals surface area contributed by atoms with Crippen LogP contribution in [0, 0.1) is 0 Å². The summed E-state index contributed by atoms with van der Waals surface area (Å²) in [4.78, 5) is 15.5. The molecule has 2 aliphatic rings. The normalized spacial score (nSPS) is 25.6. The molecule has 3 nitrogen and oxygen atoms in total. The third-order valence-corrected chi connectivity index (χ3v) is 5.18. The maximum absolute atomic E-state index is 13.4. The van der Waals surface area contributed by atoms with Crippen LogP contribution in [0.25, 0.3) is 0 Å². The highest BCUT2D eigenvalue weighted by Crippen LogP contribution is 2.43. The van der Waals surface area contributed by atoms with Crippen LogP contribution >= 0.6 is 0 Å². The van der Waals surface area contributed by atoms with Crippen molar-refractivity contribution in [1.29, 1.82) is 0 Å². The zero-order chi connectivity index (χ0) is 14.7. The molecule has 1 heterocycles. The van der Waals surface area contributed by atoms with E-state index >= 15 is 0 Å². The van der Waals surface area contributed by atoms with E-state index in [-0.39, 0.29) is 5.41 Å². The molecule has 1 atom stereocenters. The Bertz CT molecular complexity index is 479. The molecule has 3 rings (SSSR count). The van der Waals surface area contributed by atoms with Crippen LogP contribution in [0.3, 0.4) is 0 Å². The average molecular weight is 286 g/mol. The molecule has 0 bridgehead atoms. The zero-order valence-corrected chi connectivity index (χ0v) is 13.0. The lowest BCUT2D eigenvalue weighted by Gasteiger charge is -2.37. The van der Waals surface area contributed by atoms with Gasteiger partial charge in [0.1, 0.15) is 0 Å². The van der Waals surface area contributed by atoms with E-state index in [1.165, 1.54) is 18.4 Å². The van der Waals surface area contributed by atoms with E-state index in [2.05, 4.69) is 41.4 Å². The van der Waals surface area contributed by atoms with Gasteiger partial charge in [-0.1, -0.05) is 43.2 Å². The molecule has 0 spiro atoms. The fraction of sp³-hybridized carbons (Fsp3) is 0.611. The SMILES string of the molecule is CC1CNCCCN1C(=O)C1(c2ccccc2)CCCC1. The molecule has 1 saturated carbocycles. The van der Waals surface area contributed by atoms with Gasteiger partial charge in [-0.05, 0) is 38.3 Å². The van der Waals surface area contributed by atoms with E-state index in [0.717, 1.165) is 38.9 Å². The third-order valence-electron chi connectivity index (χ3n) is 5.18. The number of benzene rings is 1. The van der Waals surface area contributed by atoms with Gasteiger partial charge in [0, 0.05) is 19.1 Å². The summed E-state index contributed by atoms with van der Waals surface area (Å²) in [6.07, 6.45) is 5.40. The van der Waals surface area contributed by atoms with E-state index in [0.29, 0.717) is 11.9 Å². The summed E-state index contributed by atoms with van der Waals surface area (Å²) >= 11 is 0. The van der Waals surface area contributed by atoms with Crippen molar-refractivity contribution in [2.45, 2.75) is 50.5 Å². The molecular weight excluding hydrogens is 260 g/mol. The molecule has 1 aromatic carbocycles. The van der Waals surface area contributed by atoms with Gasteiger partial charge in [0.05, 0.1) is 5.41 Å². The molecule has 2 fully saturated rings. The highest BCUT2D eigenvalue weighted by Gasteiger charge is 2.45. The Labute approximate surface area is 127 Å². The fourth-order valence-corrected chi connectivity index (χ4v) is 3.95. The van der Waals surface area contributed by atoms with E-state index in [1.807, 2.05) is 6.07 Å². The standard InChI is InChI=1S/C18H26N2O/c1-15-14-19-12-7-13-20(15)17(21)18(10-5-6-11-18)16-8-3-2-4-9-16/h2-4,8-9,15,19H,5-7,10-14H2,1H3. The third kappa shape index (κ3) is 2.71. The molecule has 1 saturated heterocycles. The maximum atomic E-state index is 13.4. The molecule has 3 heteroatoms. The molecule has 1 aromatic rings. The van der Waals surface area contributed by atoms with Gasteiger partial charge >= 0.3 is 0 Å². The van der Waals surface area contributed by atoms with Crippen molar-refractivity contribution in [3.05, 3.63) is 35.9 Å². The van der Waals surface area contributed by atoms with Crippen molar-refractivity contribution >= 4 is 5.91 Å². The lowest BCUT2D eigenvalue weighted by atomic mass is 9.77. The molecular formula is C18H26N2O. The number of nitrogens with zero attached hydrogens (tertiary/aromatic N) is 1. The van der Waals surface area contributed by atoms with Crippen molar-refractivity contribution in [3.63, 3.8) is 0 Å². The Hall–Kier alpha value is -1.35. The lowest BCUT2D eigenvalue weighted by Crippen LogP contribution is -2.50. The van der Waals surface area contributed by atoms with Crippen molar-refractivity contribution < 1.29 is 4.79 Å². The van der Waals surface area contributed by atoms with Gasteiger partial charge in [-0.15, -0.1) is 0 Å². The topological polar surface area (TPSA) is 32.3 Å². The highest BCUT2D eigenvalue weighted by molar-refractivity contribution is 5.89. The average Bonchev–Trinajstić information content (AvgIpc) is 2.92. The molecule has 0 radical (unpaired) electrons. The van der Waals surface area contributed by atoms with E-state index < -0.39 is 0 Å². The Morgan fingerprint density at radius 1 is 1.19 bits per heavy atom. The first kappa shape index (κ1) is 14.6. The molecule has 1 aliphatic heterocycles. The Kier molecular flexibility index (Phi) is 4.29. The Morgan fingerprint density at radius 3 is 2.62 bits per heavy atom. The monoisotopic (exact) mass is 286 g/mol. The number of nitrogens with one attached hydrogen (secondary N) is 1. The number of carbonyl (C=O) groups excluding carboxylic acids is 1. The minimum absolute atomic E-state index is 0.264. The van der Waals surface area contributed by atoms with Crippen molar-refractivity contribution in [2.24, 2.45) is 0 Å². The lowest BCUT2D eigenvalue weighted by molar-refractivity contribution is -0.139. The molecule has 1 unspecified atom stereocenters. The molecule has 1 aliphatic carbocycles. The highest BCUT2D eigenvalue weighted by atomic mass is 16.2. The van der Waals surface area contributed by atoms with Gasteiger partial charge in [0.15, 0.2) is 0 Å². The minimum atomic E-state index is -0.264. The first-order chi connectivity index (χ1) is 10.2. The number of carbonyl (C=O) groups is 1. The summed E-state index contributed by atoms with van der Waals surface area (Å²) in [5, 5.41) is 3.43. The van der Waals surface area contributed by atoms with E-state index in [9.17, 15) is 4.79 Å². The van der Waals surface area contributed by atoms with Crippen LogP contribution in [-0.2, 0) is 10.2 Å². The molecule has 0 aromatic heterocycles. The molecule has 1 N–H and O–H groups in total. The summed E-state index contributed by atoms with van der Waals surface area (Å²) in [6.45, 7) is 4.99. The number of rotatable bonds is 2. The Morgan fingerprint density at radius 2 is 1.90 bits per heavy atom. The van der Waals surface area contributed by atoms with Crippen molar-refractivity contribution in [3.8, 4) is 0 Å². The van der Waals surface area contributed by atoms with Gasteiger partial charge in [-0.3, -0.25) is 4.79 Å². The predicted molar refractivity (Wildman–Crippen MR) is 85.2 cm³/mol. The van der Waals surface area contributed by atoms with Gasteiger partial charge < -0.3 is 10.2 Å². The minimum Gasteiger partial charge on any atom is -0.338 e. The fourth-order valence-electron chi connectivity index (χ4n) is 3.95. The predicted octanol–water partition coefficient (Wildman–Crippen LogP) is 2.71. The second-order valence-corrected chi connectivity index (χ2v) is 6.56. The van der Waals surface area contributed by atoms with Crippen LogP contribution in [0.4, 0.5) is 0 Å². The summed E-state index contributed by atoms with van der Waals surface area (Å²) in [5.74, 6) is 0.363. The first-order valence-electron chi connectivity index (χ1n) is 8.31. The van der Waals surface area contributed by atoms with Crippen LogP contribution in [-0.4, -0.2) is 36.5 Å². The number of hydrogen-bond donors (Lipinski definition) is 1. The summed E-state index contributed by atoms with van der Waals surface area (Å²) in [7, 11) is 0. The quantitative estimate of drug-likeness (QED) is 0.906. The number of hydrogen-bond acceptors (Lipinski definition) is 2. The van der Waals surface area contributed by atoms with Crippen LogP contribution < -0.4 is 5.32 Å². The number of amides is 1. The summed E-state index contributed by atoms with van der Waals surface area (Å²) in [6, 6.07) is 10.7. The van der Waals surface area contributed by atoms with Gasteiger partial charge in [0.25, 0.3) is 0 Å². The van der Waals surface area contributed by atoms with Crippen molar-refractivity contribution in [1.82, 2.24) is 10.2 Å². The van der Waals surface area contributed by atoms with E-state index in [1.54, 1.807) is 0 Å². The zero-order valence-electron chi connectivity index (χ0n) is 13.0. The first-order valence-corrected chi connectivity index (χ1v) is 8.31. The second-order valence-electron chi connectivity index (χ2n) is 6.56. The van der Waals surface area contributed by atoms with Gasteiger partial charge in [-0.2, -0.15) is 0 Å². The maximum Gasteiger partial charge on any atom is 0.233 e. The van der Waals surface area contributed by atoms with Crippen LogP contribution in [0.2, 0.25) is 0 Å². The summed E-state index contributed by atoms with van der Waals surface area (Å²) < 4.78 is 0. The second kappa shape index (κ2) is 6.18. The largest absolute Gasteiger partial charge is 0.338 e. The van der Waals surface area contributed by atoms with Crippen LogP contribution in [0.15, 0.2) is 30.3 Å². The molecule has 1 amide bonds. The molecule has 114 valence electrons. The molecule has 21 heavy (non-hydrogen) atoms. The van der Waals surface area contributed by atoms with Crippen LogP contribution in [0.5, 0.6) is 0 Å². The smallest absolute Gasteiger partial charge is 0.233 e. The van der Waals surface area contributed by atoms with Crippen molar-refractivity contribution in [2.75, 3.05) is 19.6 Å². The van der Waals surface area contributed by atoms with Gasteiger partial charge in [0.2, 0.25) is 5.91 Å². The van der Waals surface area contributed by atoms with E-state index in [4.69, 9.17) is 0 Å². The van der Waals surface area contributed by atoms with Crippen LogP contribution in [0.1, 0.15) is 44.6 Å².